The standard InChI is InChI=1S/C16H22N4O2.C2H2O4/c1-2-18-7-9-19(10-8-18)12-16(22)20-11-15(21)17-13-5-3-4-6-14(13)20;3-1(4)2(5)6/h3-6H,2,7-12H2,1H3,(H,17,21);(H,3,4)(H,5,6). The molecule has 0 bridgehead atoms. The lowest BCUT2D eigenvalue weighted by Gasteiger charge is -2.35. The van der Waals surface area contributed by atoms with Crippen molar-refractivity contribution in [2.75, 3.05) is 56.0 Å². The lowest BCUT2D eigenvalue weighted by molar-refractivity contribution is -0.159. The van der Waals surface area contributed by atoms with Gasteiger partial charge in [-0.2, -0.15) is 0 Å². The van der Waals surface area contributed by atoms with Crippen molar-refractivity contribution in [3.63, 3.8) is 0 Å². The molecule has 10 nitrogen and oxygen atoms in total. The molecule has 3 N–H and O–H groups in total. The number of likely N-dealkylation sites (N-methyl/N-ethyl adjacent to an activating group) is 1. The summed E-state index contributed by atoms with van der Waals surface area (Å²) in [5.41, 5.74) is 1.50. The van der Waals surface area contributed by atoms with Crippen molar-refractivity contribution in [2.45, 2.75) is 6.92 Å². The van der Waals surface area contributed by atoms with Gasteiger partial charge < -0.3 is 20.4 Å². The van der Waals surface area contributed by atoms with Gasteiger partial charge in [0.25, 0.3) is 0 Å². The Hall–Kier alpha value is -2.98. The first-order valence-corrected chi connectivity index (χ1v) is 8.92. The minimum atomic E-state index is -1.82. The average molecular weight is 392 g/mol. The Bertz CT molecular complexity index is 733. The number of carbonyl (C=O) groups excluding carboxylic acids is 2. The molecule has 2 aliphatic rings. The first-order valence-electron chi connectivity index (χ1n) is 8.92. The number of benzene rings is 1. The number of hydrogen-bond acceptors (Lipinski definition) is 6. The fourth-order valence-electron chi connectivity index (χ4n) is 3.00. The molecule has 1 fully saturated rings. The maximum absolute atomic E-state index is 12.6. The minimum Gasteiger partial charge on any atom is -0.473 e. The lowest BCUT2D eigenvalue weighted by Crippen LogP contribution is -2.51. The van der Waals surface area contributed by atoms with E-state index in [1.165, 1.54) is 0 Å². The molecule has 0 saturated carbocycles. The van der Waals surface area contributed by atoms with E-state index >= 15 is 0 Å². The summed E-state index contributed by atoms with van der Waals surface area (Å²) in [6.45, 7) is 7.50. The van der Waals surface area contributed by atoms with Gasteiger partial charge >= 0.3 is 11.9 Å². The van der Waals surface area contributed by atoms with Crippen molar-refractivity contribution >= 4 is 35.1 Å². The summed E-state index contributed by atoms with van der Waals surface area (Å²) >= 11 is 0. The van der Waals surface area contributed by atoms with E-state index in [2.05, 4.69) is 22.0 Å². The van der Waals surface area contributed by atoms with E-state index in [0.717, 1.165) is 38.4 Å². The number of carboxylic acid groups (broad SMARTS) is 2. The number of aliphatic carboxylic acids is 2. The first kappa shape index (κ1) is 21.3. The van der Waals surface area contributed by atoms with Crippen molar-refractivity contribution in [1.82, 2.24) is 9.80 Å². The van der Waals surface area contributed by atoms with E-state index in [0.29, 0.717) is 12.2 Å². The monoisotopic (exact) mass is 392 g/mol. The number of fused-ring (bicyclic) bond motifs is 1. The highest BCUT2D eigenvalue weighted by Crippen LogP contribution is 2.28. The number of nitrogens with one attached hydrogen (secondary N) is 1. The summed E-state index contributed by atoms with van der Waals surface area (Å²) in [5.74, 6) is -3.79. The Kier molecular flexibility index (Phi) is 7.47. The molecule has 28 heavy (non-hydrogen) atoms. The molecule has 2 amide bonds. The van der Waals surface area contributed by atoms with Crippen LogP contribution >= 0.6 is 0 Å². The van der Waals surface area contributed by atoms with Crippen LogP contribution in [0.25, 0.3) is 0 Å². The predicted octanol–water partition coefficient (Wildman–Crippen LogP) is -0.235. The second kappa shape index (κ2) is 9.81. The molecule has 152 valence electrons. The van der Waals surface area contributed by atoms with Crippen LogP contribution in [0, 0.1) is 0 Å². The quantitative estimate of drug-likeness (QED) is 0.601. The van der Waals surface area contributed by atoms with Crippen molar-refractivity contribution in [1.29, 1.82) is 0 Å². The number of rotatable bonds is 3. The van der Waals surface area contributed by atoms with Gasteiger partial charge in [-0.25, -0.2) is 9.59 Å². The van der Waals surface area contributed by atoms with Gasteiger partial charge in [0.15, 0.2) is 0 Å². The Morgan fingerprint density at radius 2 is 1.57 bits per heavy atom. The molecule has 0 aliphatic carbocycles. The summed E-state index contributed by atoms with van der Waals surface area (Å²) < 4.78 is 0. The molecule has 0 spiro atoms. The molecular weight excluding hydrogens is 368 g/mol. The number of nitrogens with zero attached hydrogens (tertiary/aromatic N) is 3. The number of para-hydroxylation sites is 2. The van der Waals surface area contributed by atoms with Crippen LogP contribution in [0.5, 0.6) is 0 Å². The highest BCUT2D eigenvalue weighted by Gasteiger charge is 2.28. The van der Waals surface area contributed by atoms with Crippen LogP contribution in [0.1, 0.15) is 6.92 Å². The van der Waals surface area contributed by atoms with Crippen LogP contribution in [0.3, 0.4) is 0 Å². The predicted molar refractivity (Wildman–Crippen MR) is 101 cm³/mol. The van der Waals surface area contributed by atoms with E-state index in [9.17, 15) is 9.59 Å². The third-order valence-electron chi connectivity index (χ3n) is 4.53. The second-order valence-electron chi connectivity index (χ2n) is 6.37. The smallest absolute Gasteiger partial charge is 0.414 e. The first-order chi connectivity index (χ1) is 13.3. The Morgan fingerprint density at radius 3 is 2.14 bits per heavy atom. The number of carboxylic acids is 2. The van der Waals surface area contributed by atoms with Crippen molar-refractivity contribution in [3.8, 4) is 0 Å². The third kappa shape index (κ3) is 5.76. The van der Waals surface area contributed by atoms with Gasteiger partial charge in [0, 0.05) is 26.2 Å². The molecule has 10 heteroatoms. The van der Waals surface area contributed by atoms with Crippen LogP contribution in [0.15, 0.2) is 24.3 Å². The topological polar surface area (TPSA) is 130 Å². The van der Waals surface area contributed by atoms with Gasteiger partial charge in [0.1, 0.15) is 6.54 Å². The largest absolute Gasteiger partial charge is 0.473 e. The van der Waals surface area contributed by atoms with Gasteiger partial charge in [-0.3, -0.25) is 19.4 Å². The zero-order valence-corrected chi connectivity index (χ0v) is 15.6. The molecule has 0 radical (unpaired) electrons. The summed E-state index contributed by atoms with van der Waals surface area (Å²) in [6.07, 6.45) is 0. The summed E-state index contributed by atoms with van der Waals surface area (Å²) in [7, 11) is 0. The van der Waals surface area contributed by atoms with Crippen molar-refractivity contribution in [3.05, 3.63) is 24.3 Å². The van der Waals surface area contributed by atoms with Crippen LogP contribution < -0.4 is 10.2 Å². The van der Waals surface area contributed by atoms with E-state index in [1.54, 1.807) is 4.90 Å². The summed E-state index contributed by atoms with van der Waals surface area (Å²) in [4.78, 5) is 48.8. The molecule has 2 aliphatic heterocycles. The lowest BCUT2D eigenvalue weighted by atomic mass is 10.2. The van der Waals surface area contributed by atoms with Crippen LogP contribution in [0.2, 0.25) is 0 Å². The zero-order valence-electron chi connectivity index (χ0n) is 15.6. The molecule has 3 rings (SSSR count). The third-order valence-corrected chi connectivity index (χ3v) is 4.53. The Balaban J connectivity index is 0.000000409. The number of piperazine rings is 1. The van der Waals surface area contributed by atoms with E-state index < -0.39 is 11.9 Å². The minimum absolute atomic E-state index is 0.00718. The number of amides is 2. The molecule has 1 aromatic carbocycles. The number of anilines is 2. The van der Waals surface area contributed by atoms with Gasteiger partial charge in [0.2, 0.25) is 11.8 Å². The van der Waals surface area contributed by atoms with E-state index in [1.807, 2.05) is 24.3 Å². The van der Waals surface area contributed by atoms with Gasteiger partial charge in [-0.15, -0.1) is 0 Å². The Labute approximate surface area is 162 Å². The average Bonchev–Trinajstić information content (AvgIpc) is 2.68. The highest BCUT2D eigenvalue weighted by atomic mass is 16.4. The molecule has 0 aromatic heterocycles. The Morgan fingerprint density at radius 1 is 1.00 bits per heavy atom. The van der Waals surface area contributed by atoms with E-state index in [-0.39, 0.29) is 18.4 Å². The number of hydrogen-bond donors (Lipinski definition) is 3. The molecule has 1 saturated heterocycles. The second-order valence-corrected chi connectivity index (χ2v) is 6.37. The fraction of sp³-hybridized carbons (Fsp3) is 0.444. The van der Waals surface area contributed by atoms with Gasteiger partial charge in [-0.05, 0) is 18.7 Å². The van der Waals surface area contributed by atoms with Crippen molar-refractivity contribution in [2.24, 2.45) is 0 Å². The van der Waals surface area contributed by atoms with Gasteiger partial charge in [0.05, 0.1) is 17.9 Å². The van der Waals surface area contributed by atoms with Gasteiger partial charge in [-0.1, -0.05) is 19.1 Å². The SMILES string of the molecule is CCN1CCN(CC(=O)N2CC(=O)Nc3ccccc32)CC1.O=C(O)C(=O)O. The zero-order chi connectivity index (χ0) is 20.7. The summed E-state index contributed by atoms with van der Waals surface area (Å²) in [5, 5.41) is 17.6. The van der Waals surface area contributed by atoms with Crippen molar-refractivity contribution < 1.29 is 29.4 Å². The fourth-order valence-corrected chi connectivity index (χ4v) is 3.00. The normalized spacial score (nSPS) is 17.0. The van der Waals surface area contributed by atoms with Crippen LogP contribution in [0.4, 0.5) is 11.4 Å². The van der Waals surface area contributed by atoms with Crippen LogP contribution in [-0.4, -0.2) is 89.6 Å². The summed E-state index contributed by atoms with van der Waals surface area (Å²) in [6, 6.07) is 7.45. The molecule has 2 heterocycles. The maximum atomic E-state index is 12.6. The molecular formula is C18H24N4O6. The van der Waals surface area contributed by atoms with Crippen LogP contribution in [-0.2, 0) is 19.2 Å². The molecule has 0 atom stereocenters. The van der Waals surface area contributed by atoms with E-state index in [4.69, 9.17) is 19.8 Å². The maximum Gasteiger partial charge on any atom is 0.414 e. The molecule has 0 unspecified atom stereocenters. The molecule has 1 aromatic rings. The number of carbonyl (C=O) groups is 4. The highest BCUT2D eigenvalue weighted by molar-refractivity contribution is 6.27.